The van der Waals surface area contributed by atoms with Crippen LogP contribution in [0.15, 0.2) is 58.6 Å². The minimum atomic E-state index is 0. The van der Waals surface area contributed by atoms with Crippen molar-refractivity contribution in [1.29, 1.82) is 0 Å². The van der Waals surface area contributed by atoms with E-state index in [-0.39, 0.29) is 30.7 Å². The van der Waals surface area contributed by atoms with Gasteiger partial charge in [-0.1, -0.05) is 17.8 Å². The first-order valence-electron chi connectivity index (χ1n) is 8.93. The first kappa shape index (κ1) is 22.0. The summed E-state index contributed by atoms with van der Waals surface area (Å²) < 4.78 is 0. The summed E-state index contributed by atoms with van der Waals surface area (Å²) in [6.07, 6.45) is 5.30. The number of nitrogens with one attached hydrogen (secondary N) is 1. The second-order valence-corrected chi connectivity index (χ2v) is 8.11. The van der Waals surface area contributed by atoms with Gasteiger partial charge in [0.2, 0.25) is 0 Å². The van der Waals surface area contributed by atoms with Gasteiger partial charge in [-0.3, -0.25) is 4.79 Å². The molecule has 2 aliphatic rings. The van der Waals surface area contributed by atoms with Gasteiger partial charge in [0.25, 0.3) is 5.91 Å². The number of carbonyl (C=O) groups is 1. The third-order valence-corrected chi connectivity index (χ3v) is 6.36. The van der Waals surface area contributed by atoms with Gasteiger partial charge in [-0.2, -0.15) is 0 Å². The van der Waals surface area contributed by atoms with Crippen molar-refractivity contribution in [3.63, 3.8) is 0 Å². The summed E-state index contributed by atoms with van der Waals surface area (Å²) in [5.41, 5.74) is 1.23. The quantitative estimate of drug-likeness (QED) is 0.796. The van der Waals surface area contributed by atoms with E-state index in [0.29, 0.717) is 5.41 Å². The summed E-state index contributed by atoms with van der Waals surface area (Å²) in [6.45, 7) is 4.01. The maximum absolute atomic E-state index is 12.8. The largest absolute Gasteiger partial charge is 0.339 e. The van der Waals surface area contributed by atoms with Crippen LogP contribution in [0.2, 0.25) is 0 Å². The van der Waals surface area contributed by atoms with Crippen LogP contribution in [0.1, 0.15) is 29.6 Å². The second-order valence-electron chi connectivity index (χ2n) is 7.01. The van der Waals surface area contributed by atoms with E-state index in [1.54, 1.807) is 18.0 Å². The SMILES string of the molecule is Cl.Cl.O=C(c1ccc(Sc2ccccn2)cc1)N1CCC2(CCNC2)CC1. The minimum Gasteiger partial charge on any atom is -0.339 e. The summed E-state index contributed by atoms with van der Waals surface area (Å²) in [4.78, 5) is 20.2. The molecule has 1 aromatic carbocycles. The number of carbonyl (C=O) groups excluding carboxylic acids is 1. The Morgan fingerprint density at radius 3 is 2.37 bits per heavy atom. The van der Waals surface area contributed by atoms with E-state index in [0.717, 1.165) is 54.5 Å². The van der Waals surface area contributed by atoms with Crippen molar-refractivity contribution in [3.05, 3.63) is 54.2 Å². The minimum absolute atomic E-state index is 0. The molecule has 0 atom stereocenters. The van der Waals surface area contributed by atoms with Gasteiger partial charge in [0.05, 0.1) is 0 Å². The van der Waals surface area contributed by atoms with Crippen LogP contribution in [0.4, 0.5) is 0 Å². The highest BCUT2D eigenvalue weighted by Gasteiger charge is 2.38. The molecule has 1 amide bonds. The number of piperidine rings is 1. The zero-order chi connectivity index (χ0) is 17.1. The number of likely N-dealkylation sites (tertiary alicyclic amines) is 1. The number of rotatable bonds is 3. The lowest BCUT2D eigenvalue weighted by molar-refractivity contribution is 0.0607. The van der Waals surface area contributed by atoms with Crippen LogP contribution in [0, 0.1) is 5.41 Å². The molecule has 0 bridgehead atoms. The fourth-order valence-electron chi connectivity index (χ4n) is 3.78. The third-order valence-electron chi connectivity index (χ3n) is 5.40. The zero-order valence-electron chi connectivity index (χ0n) is 15.1. The number of pyridine rings is 1. The van der Waals surface area contributed by atoms with Gasteiger partial charge in [0.15, 0.2) is 0 Å². The molecular weight excluding hydrogens is 401 g/mol. The summed E-state index contributed by atoms with van der Waals surface area (Å²) in [7, 11) is 0. The van der Waals surface area contributed by atoms with Crippen LogP contribution >= 0.6 is 36.6 Å². The highest BCUT2D eigenvalue weighted by atomic mass is 35.5. The van der Waals surface area contributed by atoms with Crippen molar-refractivity contribution >= 4 is 42.5 Å². The average Bonchev–Trinajstić information content (AvgIpc) is 3.11. The fraction of sp³-hybridized carbons (Fsp3) is 0.400. The van der Waals surface area contributed by atoms with E-state index in [9.17, 15) is 4.79 Å². The van der Waals surface area contributed by atoms with E-state index >= 15 is 0 Å². The molecule has 2 fully saturated rings. The van der Waals surface area contributed by atoms with E-state index in [2.05, 4.69) is 10.3 Å². The molecule has 1 N–H and O–H groups in total. The molecule has 146 valence electrons. The lowest BCUT2D eigenvalue weighted by Gasteiger charge is -2.38. The number of hydrogen-bond donors (Lipinski definition) is 1. The van der Waals surface area contributed by atoms with E-state index in [1.165, 1.54) is 6.42 Å². The third kappa shape index (κ3) is 5.17. The molecule has 3 heterocycles. The molecule has 0 unspecified atom stereocenters. The van der Waals surface area contributed by atoms with Crippen LogP contribution in [0.25, 0.3) is 0 Å². The zero-order valence-corrected chi connectivity index (χ0v) is 17.5. The topological polar surface area (TPSA) is 45.2 Å². The number of hydrogen-bond acceptors (Lipinski definition) is 4. The average molecular weight is 426 g/mol. The Bertz CT molecular complexity index is 727. The monoisotopic (exact) mass is 425 g/mol. The molecule has 0 radical (unpaired) electrons. The smallest absolute Gasteiger partial charge is 0.253 e. The summed E-state index contributed by atoms with van der Waals surface area (Å²) in [5, 5.41) is 4.44. The predicted octanol–water partition coefficient (Wildman–Crippen LogP) is 4.29. The number of nitrogens with zero attached hydrogens (tertiary/aromatic N) is 2. The molecule has 1 aromatic heterocycles. The Morgan fingerprint density at radius 2 is 1.78 bits per heavy atom. The molecule has 2 saturated heterocycles. The number of aromatic nitrogens is 1. The van der Waals surface area contributed by atoms with Crippen molar-refractivity contribution in [3.8, 4) is 0 Å². The Kier molecular flexibility index (Phi) is 7.98. The summed E-state index contributed by atoms with van der Waals surface area (Å²) in [5.74, 6) is 0.162. The van der Waals surface area contributed by atoms with Crippen molar-refractivity contribution in [2.24, 2.45) is 5.41 Å². The lowest BCUT2D eigenvalue weighted by Crippen LogP contribution is -2.44. The number of halogens is 2. The van der Waals surface area contributed by atoms with Gasteiger partial charge in [0, 0.05) is 36.3 Å². The highest BCUT2D eigenvalue weighted by Crippen LogP contribution is 2.37. The molecule has 4 rings (SSSR count). The Hall–Kier alpha value is -1.27. The highest BCUT2D eigenvalue weighted by molar-refractivity contribution is 7.99. The Labute approximate surface area is 177 Å². The summed E-state index contributed by atoms with van der Waals surface area (Å²) in [6, 6.07) is 13.8. The first-order valence-corrected chi connectivity index (χ1v) is 9.75. The van der Waals surface area contributed by atoms with Crippen LogP contribution in [-0.2, 0) is 0 Å². The van der Waals surface area contributed by atoms with Crippen molar-refractivity contribution < 1.29 is 4.79 Å². The second kappa shape index (κ2) is 9.78. The van der Waals surface area contributed by atoms with Crippen LogP contribution in [0.5, 0.6) is 0 Å². The summed E-state index contributed by atoms with van der Waals surface area (Å²) >= 11 is 1.61. The standard InChI is InChI=1S/C20H23N3OS.2ClH/c24-19(23-13-9-20(10-14-23)8-12-21-15-20)16-4-6-17(7-5-16)25-18-3-1-2-11-22-18;;/h1-7,11,21H,8-10,12-15H2;2*1H. The van der Waals surface area contributed by atoms with Gasteiger partial charge in [0.1, 0.15) is 5.03 Å². The van der Waals surface area contributed by atoms with Crippen LogP contribution in [-0.4, -0.2) is 42.0 Å². The molecule has 7 heteroatoms. The molecular formula is C20H25Cl2N3OS. The molecule has 2 aliphatic heterocycles. The van der Waals surface area contributed by atoms with Gasteiger partial charge >= 0.3 is 0 Å². The molecule has 27 heavy (non-hydrogen) atoms. The van der Waals surface area contributed by atoms with Gasteiger partial charge in [-0.15, -0.1) is 24.8 Å². The van der Waals surface area contributed by atoms with Crippen molar-refractivity contribution in [2.45, 2.75) is 29.2 Å². The fourth-order valence-corrected chi connectivity index (χ4v) is 4.56. The molecule has 0 aliphatic carbocycles. The Balaban J connectivity index is 0.00000131. The lowest BCUT2D eigenvalue weighted by atomic mass is 9.78. The molecule has 1 spiro atoms. The van der Waals surface area contributed by atoms with E-state index in [1.807, 2.05) is 47.4 Å². The maximum Gasteiger partial charge on any atom is 0.253 e. The number of benzene rings is 1. The normalized spacial score (nSPS) is 17.9. The molecule has 4 nitrogen and oxygen atoms in total. The molecule has 2 aromatic rings. The van der Waals surface area contributed by atoms with Gasteiger partial charge in [-0.05, 0) is 67.6 Å². The van der Waals surface area contributed by atoms with Gasteiger partial charge < -0.3 is 10.2 Å². The van der Waals surface area contributed by atoms with Gasteiger partial charge in [-0.25, -0.2) is 4.98 Å². The van der Waals surface area contributed by atoms with Crippen LogP contribution < -0.4 is 5.32 Å². The number of amides is 1. The van der Waals surface area contributed by atoms with Crippen LogP contribution in [0.3, 0.4) is 0 Å². The van der Waals surface area contributed by atoms with E-state index in [4.69, 9.17) is 0 Å². The van der Waals surface area contributed by atoms with Crippen molar-refractivity contribution in [2.75, 3.05) is 26.2 Å². The molecule has 0 saturated carbocycles. The first-order chi connectivity index (χ1) is 12.2. The Morgan fingerprint density at radius 1 is 1.04 bits per heavy atom. The van der Waals surface area contributed by atoms with E-state index < -0.39 is 0 Å². The predicted molar refractivity (Wildman–Crippen MR) is 114 cm³/mol. The maximum atomic E-state index is 12.8. The van der Waals surface area contributed by atoms with Crippen molar-refractivity contribution in [1.82, 2.24) is 15.2 Å².